The van der Waals surface area contributed by atoms with Crippen LogP contribution in [-0.4, -0.2) is 59.2 Å². The minimum absolute atomic E-state index is 0.233. The fourth-order valence-electron chi connectivity index (χ4n) is 1.34. The Morgan fingerprint density at radius 1 is 1.21 bits per heavy atom. The molecular formula is C8H17NO5. The van der Waals surface area contributed by atoms with Crippen LogP contribution in [0.2, 0.25) is 0 Å². The number of aliphatic hydroxyl groups excluding tert-OH is 3. The van der Waals surface area contributed by atoms with E-state index < -0.39 is 30.7 Å². The monoisotopic (exact) mass is 207 g/mol. The van der Waals surface area contributed by atoms with Crippen molar-refractivity contribution in [1.82, 2.24) is 0 Å². The summed E-state index contributed by atoms with van der Waals surface area (Å²) in [7, 11) is 0. The van der Waals surface area contributed by atoms with Gasteiger partial charge in [0.15, 0.2) is 6.29 Å². The van der Waals surface area contributed by atoms with Crippen molar-refractivity contribution in [1.29, 1.82) is 0 Å². The van der Waals surface area contributed by atoms with Crippen molar-refractivity contribution in [2.24, 2.45) is 5.73 Å². The van der Waals surface area contributed by atoms with Gasteiger partial charge in [-0.25, -0.2) is 0 Å². The van der Waals surface area contributed by atoms with E-state index in [1.165, 1.54) is 0 Å². The number of nitrogens with two attached hydrogens (primary N) is 1. The highest BCUT2D eigenvalue weighted by atomic mass is 16.7. The zero-order valence-corrected chi connectivity index (χ0v) is 8.04. The molecule has 0 aromatic carbocycles. The van der Waals surface area contributed by atoms with Gasteiger partial charge in [-0.2, -0.15) is 0 Å². The van der Waals surface area contributed by atoms with Crippen LogP contribution in [0.5, 0.6) is 0 Å². The van der Waals surface area contributed by atoms with Crippen LogP contribution in [0.3, 0.4) is 0 Å². The van der Waals surface area contributed by atoms with Crippen molar-refractivity contribution in [3.05, 3.63) is 0 Å². The standard InChI is InChI=1S/C8H17NO5/c1-4-5(10)6(11)7(12)8(14-4)13-3-2-9/h4-8,10-12H,2-3,9H2,1H3/t4?,5-,6+,7?,8?/m0/s1. The van der Waals surface area contributed by atoms with Crippen LogP contribution in [-0.2, 0) is 9.47 Å². The summed E-state index contributed by atoms with van der Waals surface area (Å²) < 4.78 is 10.2. The summed E-state index contributed by atoms with van der Waals surface area (Å²) >= 11 is 0. The lowest BCUT2D eigenvalue weighted by Crippen LogP contribution is -2.57. The van der Waals surface area contributed by atoms with Crippen LogP contribution in [0.4, 0.5) is 0 Å². The SMILES string of the molecule is CC1OC(OCCN)C(O)[C@H](O)[C@H]1O. The molecule has 3 unspecified atom stereocenters. The second kappa shape index (κ2) is 5.01. The van der Waals surface area contributed by atoms with E-state index in [-0.39, 0.29) is 6.61 Å². The van der Waals surface area contributed by atoms with E-state index in [4.69, 9.17) is 15.2 Å². The summed E-state index contributed by atoms with van der Waals surface area (Å²) in [4.78, 5) is 0. The Kier molecular flexibility index (Phi) is 4.24. The predicted octanol–water partition coefficient (Wildman–Crippen LogP) is -2.21. The van der Waals surface area contributed by atoms with Gasteiger partial charge in [-0.1, -0.05) is 0 Å². The lowest BCUT2D eigenvalue weighted by Gasteiger charge is -2.38. The highest BCUT2D eigenvalue weighted by molar-refractivity contribution is 4.87. The number of ether oxygens (including phenoxy) is 2. The van der Waals surface area contributed by atoms with Crippen molar-refractivity contribution < 1.29 is 24.8 Å². The van der Waals surface area contributed by atoms with Crippen molar-refractivity contribution in [3.8, 4) is 0 Å². The van der Waals surface area contributed by atoms with Crippen molar-refractivity contribution in [3.63, 3.8) is 0 Å². The highest BCUT2D eigenvalue weighted by Crippen LogP contribution is 2.21. The summed E-state index contributed by atoms with van der Waals surface area (Å²) in [5.74, 6) is 0. The Balaban J connectivity index is 2.52. The van der Waals surface area contributed by atoms with Gasteiger partial charge in [0.25, 0.3) is 0 Å². The molecule has 5 atom stereocenters. The number of hydrogen-bond acceptors (Lipinski definition) is 6. The topological polar surface area (TPSA) is 105 Å². The van der Waals surface area contributed by atoms with Crippen molar-refractivity contribution in [2.75, 3.05) is 13.2 Å². The molecule has 6 heteroatoms. The van der Waals surface area contributed by atoms with E-state index in [0.717, 1.165) is 0 Å². The second-order valence-corrected chi connectivity index (χ2v) is 3.34. The minimum Gasteiger partial charge on any atom is -0.388 e. The first-order chi connectivity index (χ1) is 6.57. The Labute approximate surface area is 82.2 Å². The molecule has 1 rings (SSSR count). The normalized spacial score (nSPS) is 43.9. The molecule has 0 amide bonds. The Morgan fingerprint density at radius 2 is 1.86 bits per heavy atom. The van der Waals surface area contributed by atoms with E-state index in [2.05, 4.69) is 0 Å². The average molecular weight is 207 g/mol. The maximum Gasteiger partial charge on any atom is 0.186 e. The van der Waals surface area contributed by atoms with Gasteiger partial charge in [0.2, 0.25) is 0 Å². The zero-order valence-electron chi connectivity index (χ0n) is 8.04. The van der Waals surface area contributed by atoms with Gasteiger partial charge in [-0.15, -0.1) is 0 Å². The molecule has 5 N–H and O–H groups in total. The van der Waals surface area contributed by atoms with E-state index in [1.807, 2.05) is 0 Å². The van der Waals surface area contributed by atoms with E-state index >= 15 is 0 Å². The third-order valence-electron chi connectivity index (χ3n) is 2.21. The van der Waals surface area contributed by atoms with Gasteiger partial charge in [0.1, 0.15) is 18.3 Å². The first kappa shape index (κ1) is 11.8. The van der Waals surface area contributed by atoms with Crippen LogP contribution in [0.25, 0.3) is 0 Å². The van der Waals surface area contributed by atoms with Crippen LogP contribution in [0, 0.1) is 0 Å². The largest absolute Gasteiger partial charge is 0.388 e. The molecule has 1 aliphatic heterocycles. The fourth-order valence-corrected chi connectivity index (χ4v) is 1.34. The predicted molar refractivity (Wildman–Crippen MR) is 47.4 cm³/mol. The molecule has 0 aromatic rings. The van der Waals surface area contributed by atoms with Crippen molar-refractivity contribution in [2.45, 2.75) is 37.6 Å². The van der Waals surface area contributed by atoms with Crippen LogP contribution < -0.4 is 5.73 Å². The Hall–Kier alpha value is -0.240. The fraction of sp³-hybridized carbons (Fsp3) is 1.00. The van der Waals surface area contributed by atoms with Crippen LogP contribution >= 0.6 is 0 Å². The molecule has 1 aliphatic rings. The van der Waals surface area contributed by atoms with E-state index in [0.29, 0.717) is 6.54 Å². The highest BCUT2D eigenvalue weighted by Gasteiger charge is 2.42. The van der Waals surface area contributed by atoms with Crippen molar-refractivity contribution >= 4 is 0 Å². The summed E-state index contributed by atoms with van der Waals surface area (Å²) in [6.07, 6.45) is -5.08. The van der Waals surface area contributed by atoms with Gasteiger partial charge < -0.3 is 30.5 Å². The average Bonchev–Trinajstić information content (AvgIpc) is 2.18. The third-order valence-corrected chi connectivity index (χ3v) is 2.21. The molecule has 0 bridgehead atoms. The molecule has 0 radical (unpaired) electrons. The smallest absolute Gasteiger partial charge is 0.186 e. The van der Waals surface area contributed by atoms with Crippen LogP contribution in [0.15, 0.2) is 0 Å². The molecule has 6 nitrogen and oxygen atoms in total. The van der Waals surface area contributed by atoms with Gasteiger partial charge in [0, 0.05) is 6.54 Å². The molecule has 0 aliphatic carbocycles. The minimum atomic E-state index is -1.25. The number of rotatable bonds is 3. The second-order valence-electron chi connectivity index (χ2n) is 3.34. The number of hydrogen-bond donors (Lipinski definition) is 4. The summed E-state index contributed by atoms with van der Waals surface area (Å²) in [6, 6.07) is 0. The molecule has 0 saturated carbocycles. The summed E-state index contributed by atoms with van der Waals surface area (Å²) in [5, 5.41) is 28.2. The Morgan fingerprint density at radius 3 is 2.43 bits per heavy atom. The quantitative estimate of drug-likeness (QED) is 0.418. The molecular weight excluding hydrogens is 190 g/mol. The maximum absolute atomic E-state index is 9.45. The van der Waals surface area contributed by atoms with Crippen LogP contribution in [0.1, 0.15) is 6.92 Å². The number of aliphatic hydroxyl groups is 3. The zero-order chi connectivity index (χ0) is 10.7. The van der Waals surface area contributed by atoms with Gasteiger partial charge >= 0.3 is 0 Å². The Bertz CT molecular complexity index is 179. The van der Waals surface area contributed by atoms with Gasteiger partial charge in [-0.05, 0) is 6.92 Å². The molecule has 84 valence electrons. The lowest BCUT2D eigenvalue weighted by atomic mass is 10.0. The molecule has 0 spiro atoms. The van der Waals surface area contributed by atoms with E-state index in [9.17, 15) is 15.3 Å². The molecule has 1 saturated heterocycles. The first-order valence-electron chi connectivity index (χ1n) is 4.59. The summed E-state index contributed by atoms with van der Waals surface area (Å²) in [5.41, 5.74) is 5.21. The third kappa shape index (κ3) is 2.41. The lowest BCUT2D eigenvalue weighted by molar-refractivity contribution is -0.292. The van der Waals surface area contributed by atoms with Gasteiger partial charge in [-0.3, -0.25) is 0 Å². The molecule has 1 fully saturated rings. The van der Waals surface area contributed by atoms with E-state index in [1.54, 1.807) is 6.92 Å². The molecule has 0 aromatic heterocycles. The first-order valence-corrected chi connectivity index (χ1v) is 4.59. The van der Waals surface area contributed by atoms with Gasteiger partial charge in [0.05, 0.1) is 12.7 Å². The maximum atomic E-state index is 9.45. The molecule has 14 heavy (non-hydrogen) atoms. The molecule has 1 heterocycles. The summed E-state index contributed by atoms with van der Waals surface area (Å²) in [6.45, 7) is 2.13.